The molecule has 0 aromatic rings. The smallest absolute Gasteiger partial charge is 0.246 e. The van der Waals surface area contributed by atoms with Gasteiger partial charge in [-0.1, -0.05) is 25.7 Å². The van der Waals surface area contributed by atoms with Gasteiger partial charge in [-0.25, -0.2) is 9.90 Å². The van der Waals surface area contributed by atoms with Crippen LogP contribution in [0.25, 0.3) is 0 Å². The molecule has 0 aliphatic rings. The molecule has 0 rings (SSSR count). The van der Waals surface area contributed by atoms with E-state index in [0.717, 1.165) is 0 Å². The fourth-order valence-electron chi connectivity index (χ4n) is 0.327. The molecule has 1 radical (unpaired) electrons. The Labute approximate surface area is 54.9 Å². The van der Waals surface area contributed by atoms with Gasteiger partial charge in [0.2, 0.25) is 0 Å². The van der Waals surface area contributed by atoms with Crippen LogP contribution in [0.4, 0.5) is 0 Å². The van der Waals surface area contributed by atoms with Crippen LogP contribution in [0.2, 0.25) is 0 Å². The zero-order chi connectivity index (χ0) is 7.28. The maximum absolute atomic E-state index is 9.77. The van der Waals surface area contributed by atoms with E-state index in [1.807, 2.05) is 13.8 Å². The molecule has 0 heterocycles. The van der Waals surface area contributed by atoms with Crippen LogP contribution < -0.4 is 0 Å². The van der Waals surface area contributed by atoms with Crippen LogP contribution in [-0.2, 0) is 9.90 Å². The lowest BCUT2D eigenvalue weighted by Gasteiger charge is -1.84. The van der Waals surface area contributed by atoms with Gasteiger partial charge in [-0.05, 0) is 0 Å². The molecule has 0 aliphatic carbocycles. The van der Waals surface area contributed by atoms with Gasteiger partial charge in [-0.15, -0.1) is 0 Å². The van der Waals surface area contributed by atoms with Crippen molar-refractivity contribution in [2.45, 2.75) is 20.3 Å². The van der Waals surface area contributed by atoms with E-state index in [1.165, 1.54) is 0 Å². The highest BCUT2D eigenvalue weighted by Crippen LogP contribution is 1.86. The molecule has 0 aromatic heterocycles. The van der Waals surface area contributed by atoms with Crippen molar-refractivity contribution >= 4 is 5.97 Å². The van der Waals surface area contributed by atoms with Gasteiger partial charge in [-0.3, -0.25) is 0 Å². The van der Waals surface area contributed by atoms with Crippen molar-refractivity contribution in [3.05, 3.63) is 0 Å². The molecule has 0 spiro atoms. The second-order valence-corrected chi connectivity index (χ2v) is 2.02. The van der Waals surface area contributed by atoms with E-state index in [9.17, 15) is 9.90 Å². The minimum Gasteiger partial charge on any atom is -0.246 e. The van der Waals surface area contributed by atoms with Gasteiger partial charge in [0, 0.05) is 5.92 Å². The zero-order valence-corrected chi connectivity index (χ0v) is 5.60. The maximum atomic E-state index is 9.77. The monoisotopic (exact) mass is 125 g/mol. The first kappa shape index (κ1) is 8.03. The summed E-state index contributed by atoms with van der Waals surface area (Å²) in [5.41, 5.74) is 0. The van der Waals surface area contributed by atoms with Crippen LogP contribution in [0.1, 0.15) is 20.3 Å². The van der Waals surface area contributed by atoms with Gasteiger partial charge >= 0.3 is 5.97 Å². The van der Waals surface area contributed by atoms with Crippen LogP contribution in [-0.4, -0.2) is 5.97 Å². The van der Waals surface area contributed by atoms with E-state index in [4.69, 9.17) is 0 Å². The molecule has 49 valence electrons. The molecule has 0 atom stereocenters. The molecular formula is C7H9O2. The van der Waals surface area contributed by atoms with Crippen LogP contribution in [0.3, 0.4) is 0 Å². The minimum absolute atomic E-state index is 0.155. The van der Waals surface area contributed by atoms with E-state index in [2.05, 4.69) is 11.8 Å². The van der Waals surface area contributed by atoms with E-state index in [-0.39, 0.29) is 12.3 Å². The van der Waals surface area contributed by atoms with Crippen LogP contribution in [0.5, 0.6) is 0 Å². The summed E-state index contributed by atoms with van der Waals surface area (Å²) in [5.74, 6) is 4.31. The number of carbonyl (C=O) groups excluding carboxylic acids is 1. The largest absolute Gasteiger partial charge is 0.367 e. The molecule has 0 unspecified atom stereocenters. The topological polar surface area (TPSA) is 37.0 Å². The Morgan fingerprint density at radius 3 is 2.44 bits per heavy atom. The quantitative estimate of drug-likeness (QED) is 0.481. The Balaban J connectivity index is 3.50. The molecule has 0 bridgehead atoms. The Morgan fingerprint density at radius 1 is 1.56 bits per heavy atom. The van der Waals surface area contributed by atoms with Gasteiger partial charge in [-0.2, -0.15) is 0 Å². The summed E-state index contributed by atoms with van der Waals surface area (Å²) < 4.78 is 0. The predicted molar refractivity (Wildman–Crippen MR) is 32.9 cm³/mol. The predicted octanol–water partition coefficient (Wildman–Crippen LogP) is 0.993. The highest BCUT2D eigenvalue weighted by molar-refractivity contribution is 5.69. The van der Waals surface area contributed by atoms with Gasteiger partial charge in [0.25, 0.3) is 0 Å². The van der Waals surface area contributed by atoms with Crippen molar-refractivity contribution < 1.29 is 9.90 Å². The Hall–Kier alpha value is -0.970. The second kappa shape index (κ2) is 3.96. The number of carbonyl (C=O) groups is 1. The molecule has 0 saturated carbocycles. The Morgan fingerprint density at radius 2 is 2.11 bits per heavy atom. The summed E-state index contributed by atoms with van der Waals surface area (Å²) in [6, 6.07) is 0. The van der Waals surface area contributed by atoms with E-state index < -0.39 is 5.97 Å². The molecule has 0 amide bonds. The molecule has 0 aliphatic heterocycles. The lowest BCUT2D eigenvalue weighted by atomic mass is 10.2. The molecule has 9 heavy (non-hydrogen) atoms. The molecule has 0 aromatic carbocycles. The summed E-state index contributed by atoms with van der Waals surface area (Å²) in [6.45, 7) is 3.81. The Kier molecular flexibility index (Phi) is 3.54. The fourth-order valence-corrected chi connectivity index (χ4v) is 0.327. The van der Waals surface area contributed by atoms with Crippen molar-refractivity contribution in [1.82, 2.24) is 0 Å². The van der Waals surface area contributed by atoms with Gasteiger partial charge < -0.3 is 0 Å². The van der Waals surface area contributed by atoms with E-state index in [1.54, 1.807) is 0 Å². The third-order valence-electron chi connectivity index (χ3n) is 0.623. The standard InChI is InChI=1S/C7H9O2/c1-6(2)4-3-5-7(8)9/h6H,5H2,1-2H3. The normalized spacial score (nSPS) is 8.33. The zero-order valence-electron chi connectivity index (χ0n) is 5.60. The first-order valence-corrected chi connectivity index (χ1v) is 2.81. The van der Waals surface area contributed by atoms with Gasteiger partial charge in [0.05, 0.1) is 0 Å². The highest BCUT2D eigenvalue weighted by atomic mass is 16.4. The summed E-state index contributed by atoms with van der Waals surface area (Å²) in [5, 5.41) is 9.77. The highest BCUT2D eigenvalue weighted by Gasteiger charge is 1.91. The first-order valence-electron chi connectivity index (χ1n) is 2.81. The van der Waals surface area contributed by atoms with Crippen molar-refractivity contribution in [2.24, 2.45) is 5.92 Å². The van der Waals surface area contributed by atoms with Crippen molar-refractivity contribution in [1.29, 1.82) is 0 Å². The summed E-state index contributed by atoms with van der Waals surface area (Å²) >= 11 is 0. The SMILES string of the molecule is CC(C)C#CCC([O])=O. The number of rotatable bonds is 1. The van der Waals surface area contributed by atoms with Gasteiger partial charge in [0.1, 0.15) is 6.42 Å². The third-order valence-corrected chi connectivity index (χ3v) is 0.623. The molecule has 2 heteroatoms. The fraction of sp³-hybridized carbons (Fsp3) is 0.571. The van der Waals surface area contributed by atoms with Crippen molar-refractivity contribution in [3.8, 4) is 11.8 Å². The number of hydrogen-bond acceptors (Lipinski definition) is 1. The van der Waals surface area contributed by atoms with Crippen molar-refractivity contribution in [2.75, 3.05) is 0 Å². The van der Waals surface area contributed by atoms with Crippen LogP contribution in [0.15, 0.2) is 0 Å². The lowest BCUT2D eigenvalue weighted by Crippen LogP contribution is -1.88. The molecular weight excluding hydrogens is 116 g/mol. The summed E-state index contributed by atoms with van der Waals surface area (Å²) in [6.07, 6.45) is -0.155. The van der Waals surface area contributed by atoms with E-state index >= 15 is 0 Å². The third kappa shape index (κ3) is 7.03. The first-order chi connectivity index (χ1) is 4.13. The van der Waals surface area contributed by atoms with E-state index in [0.29, 0.717) is 0 Å². The summed E-state index contributed by atoms with van der Waals surface area (Å²) in [4.78, 5) is 9.77. The van der Waals surface area contributed by atoms with Crippen molar-refractivity contribution in [3.63, 3.8) is 0 Å². The van der Waals surface area contributed by atoms with Gasteiger partial charge in [0.15, 0.2) is 0 Å². The van der Waals surface area contributed by atoms with Crippen LogP contribution in [0, 0.1) is 17.8 Å². The van der Waals surface area contributed by atoms with Crippen LogP contribution >= 0.6 is 0 Å². The molecule has 0 saturated heterocycles. The second-order valence-electron chi connectivity index (χ2n) is 2.02. The summed E-state index contributed by atoms with van der Waals surface area (Å²) in [7, 11) is 0. The average molecular weight is 125 g/mol. The Bertz CT molecular complexity index is 148. The minimum atomic E-state index is -1.11. The lowest BCUT2D eigenvalue weighted by molar-refractivity contribution is -0.141. The molecule has 0 N–H and O–H groups in total. The number of hydrogen-bond donors (Lipinski definition) is 0. The maximum Gasteiger partial charge on any atom is 0.367 e. The molecule has 2 nitrogen and oxygen atoms in total. The molecule has 0 fully saturated rings. The average Bonchev–Trinajstić information content (AvgIpc) is 1.63.